The van der Waals surface area contributed by atoms with Crippen LogP contribution in [0.5, 0.6) is 0 Å². The number of hydrogen-bond acceptors (Lipinski definition) is 2. The van der Waals surface area contributed by atoms with E-state index in [1.807, 2.05) is 0 Å². The second-order valence-electron chi connectivity index (χ2n) is 4.72. The third-order valence-electron chi connectivity index (χ3n) is 3.27. The minimum Gasteiger partial charge on any atom is -0.390 e. The van der Waals surface area contributed by atoms with E-state index < -0.39 is 0 Å². The van der Waals surface area contributed by atoms with Crippen molar-refractivity contribution in [3.63, 3.8) is 0 Å². The van der Waals surface area contributed by atoms with Gasteiger partial charge in [0.05, 0.1) is 12.2 Å². The van der Waals surface area contributed by atoms with Gasteiger partial charge in [0, 0.05) is 0 Å². The van der Waals surface area contributed by atoms with Crippen molar-refractivity contribution in [2.24, 2.45) is 5.92 Å². The Morgan fingerprint density at radius 1 is 1.47 bits per heavy atom. The predicted molar refractivity (Wildman–Crippen MR) is 62.8 cm³/mol. The van der Waals surface area contributed by atoms with Crippen molar-refractivity contribution in [1.29, 1.82) is 0 Å². The van der Waals surface area contributed by atoms with Gasteiger partial charge < -0.3 is 9.84 Å². The fourth-order valence-electron chi connectivity index (χ4n) is 2.22. The van der Waals surface area contributed by atoms with Crippen LogP contribution in [0.1, 0.15) is 47.0 Å². The van der Waals surface area contributed by atoms with Crippen LogP contribution in [0.4, 0.5) is 0 Å². The Labute approximate surface area is 93.3 Å². The highest BCUT2D eigenvalue weighted by Gasteiger charge is 2.29. The summed E-state index contributed by atoms with van der Waals surface area (Å²) in [5, 5.41) is 10.0. The van der Waals surface area contributed by atoms with Crippen LogP contribution in [0.3, 0.4) is 0 Å². The number of hydrogen-bond donors (Lipinski definition) is 1. The lowest BCUT2D eigenvalue weighted by Crippen LogP contribution is -2.38. The number of rotatable bonds is 4. The highest BCUT2D eigenvalue weighted by atomic mass is 16.5. The molecule has 0 spiro atoms. The van der Waals surface area contributed by atoms with Crippen molar-refractivity contribution in [3.05, 3.63) is 11.6 Å². The lowest BCUT2D eigenvalue weighted by atomic mass is 9.86. The molecule has 0 aliphatic heterocycles. The molecular formula is C13H24O2. The van der Waals surface area contributed by atoms with Crippen LogP contribution in [0.25, 0.3) is 0 Å². The van der Waals surface area contributed by atoms with Crippen molar-refractivity contribution in [3.8, 4) is 0 Å². The van der Waals surface area contributed by atoms with Crippen molar-refractivity contribution < 1.29 is 9.84 Å². The Morgan fingerprint density at radius 2 is 2.07 bits per heavy atom. The molecule has 0 heterocycles. The van der Waals surface area contributed by atoms with E-state index in [1.165, 1.54) is 5.57 Å². The van der Waals surface area contributed by atoms with E-state index in [2.05, 4.69) is 33.8 Å². The minimum absolute atomic E-state index is 0.0985. The van der Waals surface area contributed by atoms with Gasteiger partial charge in [-0.15, -0.1) is 0 Å². The van der Waals surface area contributed by atoms with Crippen LogP contribution in [0.15, 0.2) is 11.6 Å². The van der Waals surface area contributed by atoms with Crippen LogP contribution >= 0.6 is 0 Å². The second kappa shape index (κ2) is 5.66. The minimum atomic E-state index is -0.339. The Hall–Kier alpha value is -0.340. The lowest BCUT2D eigenvalue weighted by molar-refractivity contribution is -0.0761. The van der Waals surface area contributed by atoms with Gasteiger partial charge in [-0.2, -0.15) is 0 Å². The Balaban J connectivity index is 2.62. The third kappa shape index (κ3) is 3.32. The SMILES string of the molecule is CCC(CC)O[C@@H]1C=C(C)C[C@@H](C)[C@@H]1O. The lowest BCUT2D eigenvalue weighted by Gasteiger charge is -2.33. The molecule has 2 nitrogen and oxygen atoms in total. The summed E-state index contributed by atoms with van der Waals surface area (Å²) in [4.78, 5) is 0. The van der Waals surface area contributed by atoms with Gasteiger partial charge in [0.15, 0.2) is 0 Å². The van der Waals surface area contributed by atoms with Crippen LogP contribution in [0.2, 0.25) is 0 Å². The molecule has 0 saturated carbocycles. The fourth-order valence-corrected chi connectivity index (χ4v) is 2.22. The molecule has 1 aliphatic carbocycles. The summed E-state index contributed by atoms with van der Waals surface area (Å²) in [5.74, 6) is 0.314. The molecule has 0 aromatic rings. The van der Waals surface area contributed by atoms with E-state index in [1.54, 1.807) is 0 Å². The van der Waals surface area contributed by atoms with Crippen LogP contribution < -0.4 is 0 Å². The van der Waals surface area contributed by atoms with E-state index in [9.17, 15) is 5.11 Å². The molecule has 0 bridgehead atoms. The molecule has 0 saturated heterocycles. The summed E-state index contributed by atoms with van der Waals surface area (Å²) in [6, 6.07) is 0. The van der Waals surface area contributed by atoms with Crippen LogP contribution in [0, 0.1) is 5.92 Å². The summed E-state index contributed by atoms with van der Waals surface area (Å²) in [6.07, 6.45) is 4.95. The average Bonchev–Trinajstić information content (AvgIpc) is 2.21. The molecule has 0 aromatic carbocycles. The smallest absolute Gasteiger partial charge is 0.102 e. The summed E-state index contributed by atoms with van der Waals surface area (Å²) in [7, 11) is 0. The maximum Gasteiger partial charge on any atom is 0.102 e. The highest BCUT2D eigenvalue weighted by Crippen LogP contribution is 2.27. The molecule has 1 N–H and O–H groups in total. The molecule has 88 valence electrons. The molecule has 0 fully saturated rings. The maximum atomic E-state index is 10.0. The molecule has 0 radical (unpaired) electrons. The van der Waals surface area contributed by atoms with Gasteiger partial charge in [-0.1, -0.05) is 32.4 Å². The Bertz CT molecular complexity index is 219. The first-order valence-electron chi connectivity index (χ1n) is 6.09. The zero-order chi connectivity index (χ0) is 11.4. The van der Waals surface area contributed by atoms with Crippen molar-refractivity contribution in [2.45, 2.75) is 65.3 Å². The van der Waals surface area contributed by atoms with E-state index in [0.717, 1.165) is 19.3 Å². The Morgan fingerprint density at radius 3 is 2.60 bits per heavy atom. The molecular weight excluding hydrogens is 188 g/mol. The second-order valence-corrected chi connectivity index (χ2v) is 4.72. The fraction of sp³-hybridized carbons (Fsp3) is 0.846. The number of ether oxygens (including phenoxy) is 1. The van der Waals surface area contributed by atoms with E-state index >= 15 is 0 Å². The molecule has 1 rings (SSSR count). The van der Waals surface area contributed by atoms with Crippen molar-refractivity contribution in [1.82, 2.24) is 0 Å². The highest BCUT2D eigenvalue weighted by molar-refractivity contribution is 5.11. The summed E-state index contributed by atoms with van der Waals surface area (Å²) < 4.78 is 5.92. The zero-order valence-corrected chi connectivity index (χ0v) is 10.4. The van der Waals surface area contributed by atoms with E-state index in [4.69, 9.17) is 4.74 Å². The first-order chi connectivity index (χ1) is 7.08. The van der Waals surface area contributed by atoms with E-state index in [-0.39, 0.29) is 18.3 Å². The molecule has 0 amide bonds. The first kappa shape index (κ1) is 12.7. The molecule has 1 aliphatic rings. The van der Waals surface area contributed by atoms with Gasteiger partial charge in [-0.3, -0.25) is 0 Å². The predicted octanol–water partition coefficient (Wildman–Crippen LogP) is 2.91. The quantitative estimate of drug-likeness (QED) is 0.726. The van der Waals surface area contributed by atoms with Gasteiger partial charge in [0.2, 0.25) is 0 Å². The summed E-state index contributed by atoms with van der Waals surface area (Å²) in [6.45, 7) is 8.46. The van der Waals surface area contributed by atoms with Gasteiger partial charge >= 0.3 is 0 Å². The third-order valence-corrected chi connectivity index (χ3v) is 3.27. The normalized spacial score (nSPS) is 31.9. The largest absolute Gasteiger partial charge is 0.390 e. The number of aliphatic hydroxyl groups excluding tert-OH is 1. The van der Waals surface area contributed by atoms with Gasteiger partial charge in [0.25, 0.3) is 0 Å². The number of aliphatic hydroxyl groups is 1. The standard InChI is InChI=1S/C13H24O2/c1-5-11(6-2)15-12-8-9(3)7-10(4)13(12)14/h8,10-14H,5-7H2,1-4H3/t10-,12-,13+/m1/s1. The molecule has 15 heavy (non-hydrogen) atoms. The zero-order valence-electron chi connectivity index (χ0n) is 10.4. The summed E-state index contributed by atoms with van der Waals surface area (Å²) >= 11 is 0. The van der Waals surface area contributed by atoms with Crippen LogP contribution in [-0.4, -0.2) is 23.4 Å². The van der Waals surface area contributed by atoms with Crippen molar-refractivity contribution in [2.75, 3.05) is 0 Å². The van der Waals surface area contributed by atoms with E-state index in [0.29, 0.717) is 5.92 Å². The molecule has 0 unspecified atom stereocenters. The van der Waals surface area contributed by atoms with Gasteiger partial charge in [0.1, 0.15) is 6.10 Å². The van der Waals surface area contributed by atoms with Gasteiger partial charge in [-0.25, -0.2) is 0 Å². The average molecular weight is 212 g/mol. The van der Waals surface area contributed by atoms with Crippen molar-refractivity contribution >= 4 is 0 Å². The monoisotopic (exact) mass is 212 g/mol. The molecule has 2 heteroatoms. The molecule has 3 atom stereocenters. The van der Waals surface area contributed by atoms with Crippen LogP contribution in [-0.2, 0) is 4.74 Å². The Kier molecular flexibility index (Phi) is 4.81. The number of allylic oxidation sites excluding steroid dienone is 1. The topological polar surface area (TPSA) is 29.5 Å². The molecule has 0 aromatic heterocycles. The maximum absolute atomic E-state index is 10.0. The van der Waals surface area contributed by atoms with Gasteiger partial charge in [-0.05, 0) is 32.1 Å². The first-order valence-corrected chi connectivity index (χ1v) is 6.09. The summed E-state index contributed by atoms with van der Waals surface area (Å²) in [5.41, 5.74) is 1.34.